The summed E-state index contributed by atoms with van der Waals surface area (Å²) in [7, 11) is 0. The number of ether oxygens (including phenoxy) is 4. The number of amides is 1. The molecule has 4 aliphatic rings. The molecule has 0 aromatic heterocycles. The summed E-state index contributed by atoms with van der Waals surface area (Å²) in [6, 6.07) is 0. The Hall–Kier alpha value is -1.62. The molecule has 0 aromatic rings. The first-order valence-corrected chi connectivity index (χ1v) is 10.4. The van der Waals surface area contributed by atoms with Crippen LogP contribution in [0.1, 0.15) is 32.6 Å². The second-order valence-electron chi connectivity index (χ2n) is 7.21. The molecular formula is C18H23NO8S. The highest BCUT2D eigenvalue weighted by Crippen LogP contribution is 2.52. The molecule has 0 saturated carbocycles. The van der Waals surface area contributed by atoms with Gasteiger partial charge in [0.2, 0.25) is 12.7 Å². The molecule has 5 atom stereocenters. The van der Waals surface area contributed by atoms with E-state index in [0.29, 0.717) is 24.5 Å². The second-order valence-corrected chi connectivity index (χ2v) is 8.37. The number of thioether (sulfide) groups is 1. The Bertz CT molecular complexity index is 696. The molecule has 0 spiro atoms. The van der Waals surface area contributed by atoms with Crippen molar-refractivity contribution in [1.29, 1.82) is 0 Å². The van der Waals surface area contributed by atoms with E-state index in [4.69, 9.17) is 18.9 Å². The number of aliphatic hydroxyl groups is 1. The Morgan fingerprint density at radius 1 is 1.25 bits per heavy atom. The quantitative estimate of drug-likeness (QED) is 0.378. The first kappa shape index (κ1) is 19.7. The molecule has 0 bridgehead atoms. The topological polar surface area (TPSA) is 112 Å². The fourth-order valence-corrected chi connectivity index (χ4v) is 5.57. The van der Waals surface area contributed by atoms with Gasteiger partial charge in [-0.3, -0.25) is 9.69 Å². The van der Waals surface area contributed by atoms with Crippen LogP contribution >= 0.6 is 11.8 Å². The molecule has 0 aromatic carbocycles. The van der Waals surface area contributed by atoms with E-state index >= 15 is 0 Å². The first-order chi connectivity index (χ1) is 13.5. The van der Waals surface area contributed by atoms with Crippen molar-refractivity contribution in [2.24, 2.45) is 5.92 Å². The molecular weight excluding hydrogens is 390 g/mol. The van der Waals surface area contributed by atoms with Gasteiger partial charge in [-0.2, -0.15) is 0 Å². The molecule has 4 rings (SSSR count). The normalized spacial score (nSPS) is 32.9. The van der Waals surface area contributed by atoms with Crippen LogP contribution in [0.25, 0.3) is 0 Å². The third-order valence-electron chi connectivity index (χ3n) is 5.33. The van der Waals surface area contributed by atoms with E-state index in [2.05, 4.69) is 0 Å². The van der Waals surface area contributed by atoms with Crippen molar-refractivity contribution in [2.75, 3.05) is 20.0 Å². The third kappa shape index (κ3) is 3.42. The van der Waals surface area contributed by atoms with Crippen LogP contribution in [0, 0.1) is 5.92 Å². The Morgan fingerprint density at radius 2 is 2.00 bits per heavy atom. The van der Waals surface area contributed by atoms with Gasteiger partial charge in [-0.15, -0.1) is 0 Å². The molecule has 154 valence electrons. The summed E-state index contributed by atoms with van der Waals surface area (Å²) in [5.74, 6) is -2.18. The average Bonchev–Trinajstić information content (AvgIpc) is 3.39. The minimum Gasteiger partial charge on any atom is -0.426 e. The van der Waals surface area contributed by atoms with Crippen LogP contribution in [0.5, 0.6) is 0 Å². The van der Waals surface area contributed by atoms with Crippen molar-refractivity contribution >= 4 is 29.6 Å². The van der Waals surface area contributed by atoms with Crippen LogP contribution in [0.4, 0.5) is 0 Å². The van der Waals surface area contributed by atoms with Gasteiger partial charge in [0.1, 0.15) is 11.1 Å². The van der Waals surface area contributed by atoms with E-state index in [-0.39, 0.29) is 23.1 Å². The highest BCUT2D eigenvalue weighted by Gasteiger charge is 2.59. The Morgan fingerprint density at radius 3 is 2.64 bits per heavy atom. The predicted molar refractivity (Wildman–Crippen MR) is 95.4 cm³/mol. The molecule has 1 N–H and O–H groups in total. The maximum Gasteiger partial charge on any atom is 0.358 e. The number of carbonyl (C=O) groups is 3. The van der Waals surface area contributed by atoms with Gasteiger partial charge >= 0.3 is 11.9 Å². The highest BCUT2D eigenvalue weighted by atomic mass is 32.2. The number of hydrogen-bond donors (Lipinski definition) is 1. The molecule has 10 heteroatoms. The largest absolute Gasteiger partial charge is 0.426 e. The molecule has 0 unspecified atom stereocenters. The first-order valence-electron chi connectivity index (χ1n) is 9.48. The Labute approximate surface area is 166 Å². The van der Waals surface area contributed by atoms with Crippen molar-refractivity contribution in [3.63, 3.8) is 0 Å². The molecule has 1 amide bonds. The molecule has 0 aliphatic carbocycles. The summed E-state index contributed by atoms with van der Waals surface area (Å²) in [4.78, 5) is 39.0. The van der Waals surface area contributed by atoms with Gasteiger partial charge in [-0.05, 0) is 32.6 Å². The van der Waals surface area contributed by atoms with Gasteiger partial charge in [-0.25, -0.2) is 9.59 Å². The standard InChI is InChI=1S/C18H23NO8S/c1-9(20)12-15(21)19-13(14(28-16(12)19)10-4-2-6-24-10)18(23)27-8-26-17(22)11-5-3-7-25-11/h9-12,16,20H,2-8H2,1H3/t9-,10-,11+,12+,16-/m1/s1. The number of hydrogen-bond acceptors (Lipinski definition) is 9. The molecule has 3 saturated heterocycles. The van der Waals surface area contributed by atoms with Crippen molar-refractivity contribution < 1.29 is 38.4 Å². The summed E-state index contributed by atoms with van der Waals surface area (Å²) < 4.78 is 21.0. The van der Waals surface area contributed by atoms with E-state index in [1.165, 1.54) is 16.7 Å². The zero-order valence-corrected chi connectivity index (χ0v) is 16.3. The predicted octanol–water partition coefficient (Wildman–Crippen LogP) is 0.512. The van der Waals surface area contributed by atoms with Crippen molar-refractivity contribution in [3.8, 4) is 0 Å². The third-order valence-corrected chi connectivity index (χ3v) is 6.78. The second kappa shape index (κ2) is 8.02. The summed E-state index contributed by atoms with van der Waals surface area (Å²) in [6.45, 7) is 2.12. The van der Waals surface area contributed by atoms with E-state index < -0.39 is 36.9 Å². The van der Waals surface area contributed by atoms with Crippen LogP contribution in [0.2, 0.25) is 0 Å². The van der Waals surface area contributed by atoms with Gasteiger partial charge in [0.15, 0.2) is 6.10 Å². The fraction of sp³-hybridized carbons (Fsp3) is 0.722. The van der Waals surface area contributed by atoms with E-state index in [9.17, 15) is 19.5 Å². The molecule has 3 fully saturated rings. The average molecular weight is 413 g/mol. The van der Waals surface area contributed by atoms with E-state index in [1.54, 1.807) is 6.92 Å². The van der Waals surface area contributed by atoms with Gasteiger partial charge in [0.05, 0.1) is 18.1 Å². The van der Waals surface area contributed by atoms with Crippen molar-refractivity contribution in [3.05, 3.63) is 10.6 Å². The van der Waals surface area contributed by atoms with Crippen molar-refractivity contribution in [1.82, 2.24) is 4.90 Å². The lowest BCUT2D eigenvalue weighted by Crippen LogP contribution is -2.60. The van der Waals surface area contributed by atoms with Crippen LogP contribution < -0.4 is 0 Å². The zero-order valence-electron chi connectivity index (χ0n) is 15.5. The number of β-lactam (4-membered cyclic amide) rings is 1. The highest BCUT2D eigenvalue weighted by molar-refractivity contribution is 8.04. The maximum atomic E-state index is 12.7. The molecule has 9 nitrogen and oxygen atoms in total. The molecule has 4 aliphatic heterocycles. The monoisotopic (exact) mass is 413 g/mol. The summed E-state index contributed by atoms with van der Waals surface area (Å²) >= 11 is 1.37. The number of carbonyl (C=O) groups excluding carboxylic acids is 3. The zero-order chi connectivity index (χ0) is 19.8. The van der Waals surface area contributed by atoms with Crippen LogP contribution in [-0.4, -0.2) is 71.5 Å². The van der Waals surface area contributed by atoms with Gasteiger partial charge in [-0.1, -0.05) is 11.8 Å². The SMILES string of the molecule is C[C@@H](O)[C@H]1C(=O)N2C(C(=O)OCOC(=O)[C@@H]3CCCO3)=C([C@H]3CCCO3)S[C@H]12. The van der Waals surface area contributed by atoms with Gasteiger partial charge in [0.25, 0.3) is 0 Å². The summed E-state index contributed by atoms with van der Waals surface area (Å²) in [5.41, 5.74) is 0.136. The lowest BCUT2D eigenvalue weighted by atomic mass is 9.92. The van der Waals surface area contributed by atoms with Crippen LogP contribution in [-0.2, 0) is 33.3 Å². The Kier molecular flexibility index (Phi) is 5.64. The number of aliphatic hydroxyl groups excluding tert-OH is 1. The smallest absolute Gasteiger partial charge is 0.358 e. The number of nitrogens with zero attached hydrogens (tertiary/aromatic N) is 1. The molecule has 0 radical (unpaired) electrons. The number of rotatable bonds is 6. The van der Waals surface area contributed by atoms with Crippen LogP contribution in [0.15, 0.2) is 10.6 Å². The van der Waals surface area contributed by atoms with Crippen LogP contribution in [0.3, 0.4) is 0 Å². The molecule has 4 heterocycles. The minimum absolute atomic E-state index is 0.136. The lowest BCUT2D eigenvalue weighted by Gasteiger charge is -2.43. The number of esters is 2. The van der Waals surface area contributed by atoms with Gasteiger partial charge < -0.3 is 24.1 Å². The maximum absolute atomic E-state index is 12.7. The van der Waals surface area contributed by atoms with E-state index in [1.807, 2.05) is 0 Å². The van der Waals surface area contributed by atoms with Gasteiger partial charge in [0, 0.05) is 18.1 Å². The van der Waals surface area contributed by atoms with Crippen molar-refractivity contribution in [2.45, 2.75) is 56.3 Å². The lowest BCUT2D eigenvalue weighted by molar-refractivity contribution is -0.175. The molecule has 28 heavy (non-hydrogen) atoms. The summed E-state index contributed by atoms with van der Waals surface area (Å²) in [5, 5.41) is 9.53. The number of fused-ring (bicyclic) bond motifs is 1. The minimum atomic E-state index is -0.810. The summed E-state index contributed by atoms with van der Waals surface area (Å²) in [6.07, 6.45) is 1.30. The van der Waals surface area contributed by atoms with E-state index in [0.717, 1.165) is 19.3 Å². The fourth-order valence-electron chi connectivity index (χ4n) is 3.88. The Balaban J connectivity index is 1.43.